The molecule has 0 amide bonds. The lowest BCUT2D eigenvalue weighted by Gasteiger charge is -2.46. The van der Waals surface area contributed by atoms with Crippen molar-refractivity contribution >= 4 is 23.0 Å². The average Bonchev–Trinajstić information content (AvgIpc) is 2.04. The molecule has 2 saturated heterocycles. The summed E-state index contributed by atoms with van der Waals surface area (Å²) >= 11 is 2.06. The van der Waals surface area contributed by atoms with E-state index in [9.17, 15) is 0 Å². The predicted octanol–water partition coefficient (Wildman–Crippen LogP) is 2.37. The Bertz CT molecular complexity index is 151. The molecule has 0 saturated carbocycles. The van der Waals surface area contributed by atoms with E-state index in [1.165, 1.54) is 32.1 Å². The molecule has 0 aromatic carbocycles. The first kappa shape index (κ1) is 9.21. The van der Waals surface area contributed by atoms with E-state index in [1.54, 1.807) is 0 Å². The second-order valence-electron chi connectivity index (χ2n) is 4.09. The number of hydrogen-bond donors (Lipinski definition) is 0. The molecule has 3 heteroatoms. The van der Waals surface area contributed by atoms with Crippen LogP contribution >= 0.6 is 23.0 Å². The summed E-state index contributed by atoms with van der Waals surface area (Å²) in [7, 11) is 2.28. The standard InChI is InChI=1S/C9H16INO/c1-11-7-3-2-4-8(11)6-9(5-7)12-10/h7-9H,2-6H2,1H3. The third kappa shape index (κ3) is 1.63. The highest BCUT2D eigenvalue weighted by Crippen LogP contribution is 2.34. The second kappa shape index (κ2) is 3.80. The van der Waals surface area contributed by atoms with Crippen molar-refractivity contribution in [1.82, 2.24) is 4.90 Å². The van der Waals surface area contributed by atoms with Crippen molar-refractivity contribution in [2.75, 3.05) is 7.05 Å². The van der Waals surface area contributed by atoms with E-state index >= 15 is 0 Å². The summed E-state index contributed by atoms with van der Waals surface area (Å²) in [6.45, 7) is 0. The fourth-order valence-electron chi connectivity index (χ4n) is 2.64. The Morgan fingerprint density at radius 3 is 2.33 bits per heavy atom. The summed E-state index contributed by atoms with van der Waals surface area (Å²) in [5.74, 6) is 0. The van der Waals surface area contributed by atoms with E-state index in [0.717, 1.165) is 12.1 Å². The van der Waals surface area contributed by atoms with Crippen molar-refractivity contribution in [3.8, 4) is 0 Å². The summed E-state index contributed by atoms with van der Waals surface area (Å²) < 4.78 is 5.42. The van der Waals surface area contributed by atoms with Gasteiger partial charge in [0.1, 0.15) is 23.0 Å². The van der Waals surface area contributed by atoms with Crippen molar-refractivity contribution in [3.63, 3.8) is 0 Å². The summed E-state index contributed by atoms with van der Waals surface area (Å²) in [4.78, 5) is 2.57. The Hall–Kier alpha value is 0.650. The number of fused-ring (bicyclic) bond motifs is 2. The van der Waals surface area contributed by atoms with Crippen molar-refractivity contribution in [3.05, 3.63) is 0 Å². The van der Waals surface area contributed by atoms with Gasteiger partial charge in [-0.15, -0.1) is 0 Å². The van der Waals surface area contributed by atoms with Gasteiger partial charge in [-0.3, -0.25) is 0 Å². The number of hydrogen-bond acceptors (Lipinski definition) is 2. The van der Waals surface area contributed by atoms with Crippen LogP contribution < -0.4 is 0 Å². The minimum atomic E-state index is 0.525. The van der Waals surface area contributed by atoms with Crippen LogP contribution in [0, 0.1) is 0 Å². The third-order valence-electron chi connectivity index (χ3n) is 3.42. The molecule has 2 heterocycles. The molecule has 2 fully saturated rings. The van der Waals surface area contributed by atoms with Gasteiger partial charge in [0.15, 0.2) is 0 Å². The Labute approximate surface area is 88.3 Å². The minimum Gasteiger partial charge on any atom is -0.312 e. The van der Waals surface area contributed by atoms with Crippen LogP contribution in [0.15, 0.2) is 0 Å². The fraction of sp³-hybridized carbons (Fsp3) is 1.00. The zero-order valence-corrected chi connectivity index (χ0v) is 9.66. The maximum absolute atomic E-state index is 5.42. The lowest BCUT2D eigenvalue weighted by molar-refractivity contribution is 0.0150. The Kier molecular flexibility index (Phi) is 2.92. The van der Waals surface area contributed by atoms with Gasteiger partial charge in [0, 0.05) is 12.1 Å². The molecule has 70 valence electrons. The largest absolute Gasteiger partial charge is 0.312 e. The first-order valence-corrected chi connectivity index (χ1v) is 5.68. The van der Waals surface area contributed by atoms with Crippen molar-refractivity contribution in [1.29, 1.82) is 0 Å². The van der Waals surface area contributed by atoms with Crippen LogP contribution in [0.5, 0.6) is 0 Å². The molecule has 0 aromatic rings. The summed E-state index contributed by atoms with van der Waals surface area (Å²) in [5.41, 5.74) is 0. The quantitative estimate of drug-likeness (QED) is 0.684. The van der Waals surface area contributed by atoms with Gasteiger partial charge in [-0.2, -0.15) is 0 Å². The molecule has 2 aliphatic heterocycles. The maximum atomic E-state index is 5.42. The van der Waals surface area contributed by atoms with Gasteiger partial charge in [-0.25, -0.2) is 0 Å². The lowest BCUT2D eigenvalue weighted by atomic mass is 9.84. The highest BCUT2D eigenvalue weighted by molar-refractivity contribution is 14.1. The molecule has 2 unspecified atom stereocenters. The minimum absolute atomic E-state index is 0.525. The number of piperidine rings is 2. The highest BCUT2D eigenvalue weighted by atomic mass is 127. The lowest BCUT2D eigenvalue weighted by Crippen LogP contribution is -2.51. The maximum Gasteiger partial charge on any atom is 0.110 e. The summed E-state index contributed by atoms with van der Waals surface area (Å²) in [6, 6.07) is 1.61. The van der Waals surface area contributed by atoms with Crippen LogP contribution in [-0.2, 0) is 3.07 Å². The summed E-state index contributed by atoms with van der Waals surface area (Å²) in [6.07, 6.45) is 7.20. The molecular formula is C9H16INO. The number of halogens is 1. The van der Waals surface area contributed by atoms with Gasteiger partial charge in [0.25, 0.3) is 0 Å². The Balaban J connectivity index is 2.02. The van der Waals surface area contributed by atoms with Crippen molar-refractivity contribution in [2.24, 2.45) is 0 Å². The molecule has 0 aromatic heterocycles. The first-order chi connectivity index (χ1) is 5.81. The van der Waals surface area contributed by atoms with Gasteiger partial charge >= 0.3 is 0 Å². The van der Waals surface area contributed by atoms with E-state index in [2.05, 4.69) is 35.0 Å². The Morgan fingerprint density at radius 2 is 1.83 bits per heavy atom. The van der Waals surface area contributed by atoms with Crippen LogP contribution in [0.25, 0.3) is 0 Å². The molecule has 2 atom stereocenters. The fourth-order valence-corrected chi connectivity index (χ4v) is 3.05. The molecular weight excluding hydrogens is 265 g/mol. The van der Waals surface area contributed by atoms with Gasteiger partial charge in [-0.1, -0.05) is 6.42 Å². The normalized spacial score (nSPS) is 43.0. The van der Waals surface area contributed by atoms with Gasteiger partial charge < -0.3 is 7.97 Å². The Morgan fingerprint density at radius 1 is 1.25 bits per heavy atom. The van der Waals surface area contributed by atoms with Crippen LogP contribution in [0.4, 0.5) is 0 Å². The van der Waals surface area contributed by atoms with Crippen molar-refractivity contribution in [2.45, 2.75) is 50.3 Å². The van der Waals surface area contributed by atoms with Crippen molar-refractivity contribution < 1.29 is 3.07 Å². The zero-order chi connectivity index (χ0) is 8.55. The molecule has 2 aliphatic rings. The van der Waals surface area contributed by atoms with E-state index < -0.39 is 0 Å². The predicted molar refractivity (Wildman–Crippen MR) is 57.3 cm³/mol. The van der Waals surface area contributed by atoms with E-state index in [1.807, 2.05) is 0 Å². The second-order valence-corrected chi connectivity index (χ2v) is 4.60. The first-order valence-electron chi connectivity index (χ1n) is 4.80. The van der Waals surface area contributed by atoms with E-state index in [4.69, 9.17) is 3.07 Å². The third-order valence-corrected chi connectivity index (χ3v) is 4.14. The molecule has 0 aliphatic carbocycles. The van der Waals surface area contributed by atoms with Crippen LogP contribution in [0.1, 0.15) is 32.1 Å². The summed E-state index contributed by atoms with van der Waals surface area (Å²) in [5, 5.41) is 0. The van der Waals surface area contributed by atoms with Gasteiger partial charge in [0.05, 0.1) is 6.10 Å². The van der Waals surface area contributed by atoms with Gasteiger partial charge in [0.2, 0.25) is 0 Å². The topological polar surface area (TPSA) is 12.5 Å². The van der Waals surface area contributed by atoms with Crippen LogP contribution in [0.2, 0.25) is 0 Å². The molecule has 0 N–H and O–H groups in total. The SMILES string of the molecule is CN1C2CCCC1CC(OI)C2. The van der Waals surface area contributed by atoms with Crippen LogP contribution in [-0.4, -0.2) is 30.1 Å². The average molecular weight is 281 g/mol. The molecule has 2 bridgehead atoms. The number of nitrogens with zero attached hydrogens (tertiary/aromatic N) is 1. The molecule has 0 radical (unpaired) electrons. The molecule has 2 rings (SSSR count). The molecule has 0 spiro atoms. The monoisotopic (exact) mass is 281 g/mol. The molecule has 2 nitrogen and oxygen atoms in total. The van der Waals surface area contributed by atoms with E-state index in [-0.39, 0.29) is 0 Å². The number of rotatable bonds is 1. The zero-order valence-electron chi connectivity index (χ0n) is 7.50. The van der Waals surface area contributed by atoms with Gasteiger partial charge in [-0.05, 0) is 32.7 Å². The smallest absolute Gasteiger partial charge is 0.110 e. The molecule has 12 heavy (non-hydrogen) atoms. The van der Waals surface area contributed by atoms with E-state index in [0.29, 0.717) is 6.10 Å². The van der Waals surface area contributed by atoms with Crippen LogP contribution in [0.3, 0.4) is 0 Å². The highest BCUT2D eigenvalue weighted by Gasteiger charge is 2.36.